The Morgan fingerprint density at radius 3 is 2.80 bits per heavy atom. The summed E-state index contributed by atoms with van der Waals surface area (Å²) in [5.41, 5.74) is 6.54. The Labute approximate surface area is 92.5 Å². The topological polar surface area (TPSA) is 56.7 Å². The molecule has 78 valence electrons. The van der Waals surface area contributed by atoms with Gasteiger partial charge in [-0.15, -0.1) is 0 Å². The van der Waals surface area contributed by atoms with Crippen LogP contribution in [0, 0.1) is 0 Å². The van der Waals surface area contributed by atoms with Crippen LogP contribution in [0.5, 0.6) is 0 Å². The molecule has 2 aromatic rings. The van der Waals surface area contributed by atoms with Gasteiger partial charge in [-0.3, -0.25) is 0 Å². The van der Waals surface area contributed by atoms with Crippen LogP contribution in [-0.2, 0) is 13.6 Å². The van der Waals surface area contributed by atoms with E-state index in [1.54, 1.807) is 12.4 Å². The number of hydrogen-bond donors (Lipinski definition) is 1. The molecule has 2 heterocycles. The lowest BCUT2D eigenvalue weighted by molar-refractivity contribution is 0.788. The quantitative estimate of drug-likeness (QED) is 0.850. The fourth-order valence-electron chi connectivity index (χ4n) is 1.14. The fraction of sp³-hybridized carbons (Fsp3) is 0.200. The summed E-state index contributed by atoms with van der Waals surface area (Å²) in [6.45, 7) is 0.528. The minimum absolute atomic E-state index is 0.528. The van der Waals surface area contributed by atoms with E-state index in [0.29, 0.717) is 6.54 Å². The summed E-state index contributed by atoms with van der Waals surface area (Å²) in [4.78, 5) is 8.51. The molecule has 2 rings (SSSR count). The van der Waals surface area contributed by atoms with E-state index in [2.05, 4.69) is 9.97 Å². The lowest BCUT2D eigenvalue weighted by atomic mass is 10.3. The fourth-order valence-corrected chi connectivity index (χ4v) is 1.88. The predicted octanol–water partition coefficient (Wildman–Crippen LogP) is 1.43. The Bertz CT molecular complexity index is 435. The van der Waals surface area contributed by atoms with Crippen molar-refractivity contribution in [2.45, 2.75) is 16.7 Å². The number of aromatic nitrogens is 3. The van der Waals surface area contributed by atoms with Crippen LogP contribution < -0.4 is 5.73 Å². The summed E-state index contributed by atoms with van der Waals surface area (Å²) in [6.07, 6.45) is 5.48. The molecule has 2 aromatic heterocycles. The lowest BCUT2D eigenvalue weighted by Crippen LogP contribution is -1.97. The van der Waals surface area contributed by atoms with Gasteiger partial charge in [0.05, 0.1) is 0 Å². The first-order valence-electron chi connectivity index (χ1n) is 4.60. The van der Waals surface area contributed by atoms with Crippen LogP contribution in [0.25, 0.3) is 0 Å². The van der Waals surface area contributed by atoms with Crippen molar-refractivity contribution >= 4 is 11.8 Å². The highest BCUT2D eigenvalue weighted by Crippen LogP contribution is 2.23. The molecular formula is C10H12N4S. The van der Waals surface area contributed by atoms with E-state index < -0.39 is 0 Å². The summed E-state index contributed by atoms with van der Waals surface area (Å²) in [7, 11) is 1.96. The summed E-state index contributed by atoms with van der Waals surface area (Å²) in [5, 5.41) is 1.87. The van der Waals surface area contributed by atoms with Crippen molar-refractivity contribution in [3.63, 3.8) is 0 Å². The minimum atomic E-state index is 0.528. The zero-order valence-electron chi connectivity index (χ0n) is 8.42. The van der Waals surface area contributed by atoms with Gasteiger partial charge in [0.25, 0.3) is 0 Å². The Balaban J connectivity index is 2.14. The van der Waals surface area contributed by atoms with Crippen molar-refractivity contribution in [3.8, 4) is 0 Å². The Kier molecular flexibility index (Phi) is 3.03. The molecule has 0 fully saturated rings. The minimum Gasteiger partial charge on any atom is -0.329 e. The molecule has 15 heavy (non-hydrogen) atoms. The Morgan fingerprint density at radius 1 is 1.40 bits per heavy atom. The van der Waals surface area contributed by atoms with Crippen molar-refractivity contribution in [3.05, 3.63) is 36.3 Å². The van der Waals surface area contributed by atoms with Gasteiger partial charge < -0.3 is 10.3 Å². The average Bonchev–Trinajstić information content (AvgIpc) is 2.66. The van der Waals surface area contributed by atoms with Crippen molar-refractivity contribution < 1.29 is 0 Å². The zero-order valence-corrected chi connectivity index (χ0v) is 9.24. The normalized spacial score (nSPS) is 10.5. The van der Waals surface area contributed by atoms with Gasteiger partial charge in [-0.1, -0.05) is 6.07 Å². The second-order valence-electron chi connectivity index (χ2n) is 3.13. The van der Waals surface area contributed by atoms with E-state index in [9.17, 15) is 0 Å². The predicted molar refractivity (Wildman–Crippen MR) is 59.5 cm³/mol. The van der Waals surface area contributed by atoms with Crippen LogP contribution in [-0.4, -0.2) is 14.5 Å². The van der Waals surface area contributed by atoms with E-state index in [1.165, 1.54) is 11.8 Å². The molecule has 0 aliphatic heterocycles. The SMILES string of the molecule is Cn1ccnc1Sc1ccc(CN)cn1. The highest BCUT2D eigenvalue weighted by molar-refractivity contribution is 7.99. The largest absolute Gasteiger partial charge is 0.329 e. The first kappa shape index (κ1) is 10.2. The van der Waals surface area contributed by atoms with Crippen LogP contribution >= 0.6 is 11.8 Å². The van der Waals surface area contributed by atoms with Gasteiger partial charge in [0.1, 0.15) is 5.03 Å². The molecule has 0 atom stereocenters. The number of hydrogen-bond acceptors (Lipinski definition) is 4. The monoisotopic (exact) mass is 220 g/mol. The molecule has 0 radical (unpaired) electrons. The van der Waals surface area contributed by atoms with Crippen LogP contribution in [0.4, 0.5) is 0 Å². The van der Waals surface area contributed by atoms with E-state index in [-0.39, 0.29) is 0 Å². The maximum absolute atomic E-state index is 5.50. The second kappa shape index (κ2) is 4.46. The maximum atomic E-state index is 5.50. The third-order valence-corrected chi connectivity index (χ3v) is 3.03. The molecule has 0 saturated heterocycles. The number of imidazole rings is 1. The second-order valence-corrected chi connectivity index (χ2v) is 4.12. The van der Waals surface area contributed by atoms with Gasteiger partial charge in [-0.05, 0) is 23.4 Å². The summed E-state index contributed by atoms with van der Waals surface area (Å²) in [6, 6.07) is 3.94. The van der Waals surface area contributed by atoms with Gasteiger partial charge in [0, 0.05) is 32.2 Å². The number of rotatable bonds is 3. The van der Waals surface area contributed by atoms with Crippen molar-refractivity contribution in [2.24, 2.45) is 12.8 Å². The van der Waals surface area contributed by atoms with Crippen LogP contribution in [0.15, 0.2) is 40.9 Å². The van der Waals surface area contributed by atoms with Crippen molar-refractivity contribution in [2.75, 3.05) is 0 Å². The van der Waals surface area contributed by atoms with Crippen LogP contribution in [0.2, 0.25) is 0 Å². The molecule has 0 unspecified atom stereocenters. The van der Waals surface area contributed by atoms with Gasteiger partial charge in [0.15, 0.2) is 5.16 Å². The molecule has 2 N–H and O–H groups in total. The summed E-state index contributed by atoms with van der Waals surface area (Å²) >= 11 is 1.54. The lowest BCUT2D eigenvalue weighted by Gasteiger charge is -2.01. The van der Waals surface area contributed by atoms with E-state index >= 15 is 0 Å². The number of aryl methyl sites for hydroxylation is 1. The van der Waals surface area contributed by atoms with Crippen molar-refractivity contribution in [1.82, 2.24) is 14.5 Å². The molecule has 0 aliphatic rings. The summed E-state index contributed by atoms with van der Waals surface area (Å²) in [5.74, 6) is 0. The van der Waals surface area contributed by atoms with E-state index in [1.807, 2.05) is 29.9 Å². The maximum Gasteiger partial charge on any atom is 0.174 e. The first-order valence-corrected chi connectivity index (χ1v) is 5.41. The molecule has 5 heteroatoms. The molecule has 0 aromatic carbocycles. The molecule has 4 nitrogen and oxygen atoms in total. The van der Waals surface area contributed by atoms with Gasteiger partial charge in [0.2, 0.25) is 0 Å². The van der Waals surface area contributed by atoms with Crippen LogP contribution in [0.1, 0.15) is 5.56 Å². The molecule has 0 amide bonds. The van der Waals surface area contributed by atoms with Gasteiger partial charge in [-0.25, -0.2) is 9.97 Å². The molecule has 0 saturated carbocycles. The number of pyridine rings is 1. The number of nitrogens with two attached hydrogens (primary N) is 1. The Morgan fingerprint density at radius 2 is 2.27 bits per heavy atom. The molecular weight excluding hydrogens is 208 g/mol. The molecule has 0 aliphatic carbocycles. The summed E-state index contributed by atoms with van der Waals surface area (Å²) < 4.78 is 1.96. The highest BCUT2D eigenvalue weighted by Gasteiger charge is 2.02. The molecule has 0 spiro atoms. The third-order valence-electron chi connectivity index (χ3n) is 2.01. The average molecular weight is 220 g/mol. The van der Waals surface area contributed by atoms with Crippen molar-refractivity contribution in [1.29, 1.82) is 0 Å². The third kappa shape index (κ3) is 2.37. The zero-order chi connectivity index (χ0) is 10.7. The van der Waals surface area contributed by atoms with Crippen LogP contribution in [0.3, 0.4) is 0 Å². The smallest absolute Gasteiger partial charge is 0.174 e. The van der Waals surface area contributed by atoms with E-state index in [4.69, 9.17) is 5.73 Å². The van der Waals surface area contributed by atoms with Gasteiger partial charge >= 0.3 is 0 Å². The molecule has 0 bridgehead atoms. The van der Waals surface area contributed by atoms with Gasteiger partial charge in [-0.2, -0.15) is 0 Å². The Hall–Kier alpha value is -1.33. The number of nitrogens with zero attached hydrogens (tertiary/aromatic N) is 3. The highest BCUT2D eigenvalue weighted by atomic mass is 32.2. The van der Waals surface area contributed by atoms with E-state index in [0.717, 1.165) is 15.7 Å². The first-order chi connectivity index (χ1) is 7.29. The standard InChI is InChI=1S/C10H12N4S/c1-14-5-4-12-10(14)15-9-3-2-8(6-11)7-13-9/h2-5,7H,6,11H2,1H3.